The molecule has 0 rings (SSSR count). The lowest BCUT2D eigenvalue weighted by atomic mass is 10.1. The molecule has 0 bridgehead atoms. The molecule has 0 spiro atoms. The maximum atomic E-state index is 5.06. The Morgan fingerprint density at radius 1 is 0.571 bits per heavy atom. The summed E-state index contributed by atoms with van der Waals surface area (Å²) in [5.41, 5.74) is 0. The van der Waals surface area contributed by atoms with Gasteiger partial charge in [-0.3, -0.25) is 0 Å². The van der Waals surface area contributed by atoms with Crippen LogP contribution in [0, 0.1) is 0 Å². The molecular weight excluding hydrogens is 256 g/mol. The molecule has 0 saturated carbocycles. The summed E-state index contributed by atoms with van der Waals surface area (Å²) in [4.78, 5) is 0. The van der Waals surface area contributed by atoms with Crippen molar-refractivity contribution in [2.75, 3.05) is 13.7 Å². The first-order chi connectivity index (χ1) is 10.4. The van der Waals surface area contributed by atoms with E-state index in [2.05, 4.69) is 19.1 Å². The van der Waals surface area contributed by atoms with Gasteiger partial charge >= 0.3 is 0 Å². The van der Waals surface area contributed by atoms with Crippen molar-refractivity contribution >= 4 is 0 Å². The molecule has 0 aromatic rings. The van der Waals surface area contributed by atoms with Crippen molar-refractivity contribution in [1.82, 2.24) is 0 Å². The van der Waals surface area contributed by atoms with E-state index < -0.39 is 0 Å². The average molecular weight is 297 g/mol. The summed E-state index contributed by atoms with van der Waals surface area (Å²) in [5, 5.41) is 0. The van der Waals surface area contributed by atoms with Crippen LogP contribution in [0.3, 0.4) is 0 Å². The second kappa shape index (κ2) is 19.7. The molecule has 21 heavy (non-hydrogen) atoms. The topological polar surface area (TPSA) is 9.23 Å². The van der Waals surface area contributed by atoms with E-state index in [0.717, 1.165) is 6.61 Å². The van der Waals surface area contributed by atoms with Gasteiger partial charge in [0.2, 0.25) is 0 Å². The van der Waals surface area contributed by atoms with Crippen LogP contribution in [0.1, 0.15) is 103 Å². The summed E-state index contributed by atoms with van der Waals surface area (Å²) in [6, 6.07) is 0. The highest BCUT2D eigenvalue weighted by Crippen LogP contribution is 2.10. The molecule has 0 saturated heterocycles. The Bertz CT molecular complexity index is 198. The van der Waals surface area contributed by atoms with Gasteiger partial charge in [0.25, 0.3) is 0 Å². The van der Waals surface area contributed by atoms with Gasteiger partial charge in [-0.25, -0.2) is 0 Å². The molecule has 0 aliphatic rings. The number of hydrogen-bond donors (Lipinski definition) is 0. The van der Waals surface area contributed by atoms with Gasteiger partial charge in [-0.2, -0.15) is 0 Å². The van der Waals surface area contributed by atoms with Crippen molar-refractivity contribution in [3.05, 3.63) is 12.2 Å². The highest BCUT2D eigenvalue weighted by atomic mass is 16.5. The van der Waals surface area contributed by atoms with Gasteiger partial charge in [-0.1, -0.05) is 83.3 Å². The largest absolute Gasteiger partial charge is 0.385 e. The minimum absolute atomic E-state index is 0.932. The SMILES string of the molecule is CCCCCCCCCC=CCCCCCCCCOC. The molecule has 0 heterocycles. The molecule has 0 N–H and O–H groups in total. The Labute approximate surface area is 134 Å². The molecule has 0 radical (unpaired) electrons. The Morgan fingerprint density at radius 3 is 1.48 bits per heavy atom. The first-order valence-electron chi connectivity index (χ1n) is 9.55. The minimum Gasteiger partial charge on any atom is -0.385 e. The fourth-order valence-electron chi connectivity index (χ4n) is 2.67. The van der Waals surface area contributed by atoms with Crippen LogP contribution in [-0.2, 0) is 4.74 Å². The molecule has 0 aliphatic heterocycles. The zero-order valence-electron chi connectivity index (χ0n) is 14.9. The van der Waals surface area contributed by atoms with Gasteiger partial charge < -0.3 is 4.74 Å². The van der Waals surface area contributed by atoms with Crippen LogP contribution in [0.5, 0.6) is 0 Å². The Balaban J connectivity index is 3.02. The molecule has 0 aromatic carbocycles. The zero-order valence-corrected chi connectivity index (χ0v) is 14.9. The van der Waals surface area contributed by atoms with E-state index >= 15 is 0 Å². The maximum absolute atomic E-state index is 5.06. The predicted molar refractivity (Wildman–Crippen MR) is 95.9 cm³/mol. The van der Waals surface area contributed by atoms with Crippen LogP contribution in [0.4, 0.5) is 0 Å². The lowest BCUT2D eigenvalue weighted by Gasteiger charge is -2.00. The van der Waals surface area contributed by atoms with Gasteiger partial charge in [-0.15, -0.1) is 0 Å². The molecule has 0 unspecified atom stereocenters. The van der Waals surface area contributed by atoms with Crippen LogP contribution in [-0.4, -0.2) is 13.7 Å². The lowest BCUT2D eigenvalue weighted by Crippen LogP contribution is -1.88. The second-order valence-corrected chi connectivity index (χ2v) is 6.28. The summed E-state index contributed by atoms with van der Waals surface area (Å²) < 4.78 is 5.06. The highest BCUT2D eigenvalue weighted by molar-refractivity contribution is 4.81. The predicted octanol–water partition coefficient (Wildman–Crippen LogP) is 7.06. The molecule has 126 valence electrons. The number of rotatable bonds is 17. The molecule has 1 heteroatoms. The van der Waals surface area contributed by atoms with Crippen LogP contribution >= 0.6 is 0 Å². The quantitative estimate of drug-likeness (QED) is 0.206. The molecule has 0 amide bonds. The fourth-order valence-corrected chi connectivity index (χ4v) is 2.67. The normalized spacial score (nSPS) is 11.5. The second-order valence-electron chi connectivity index (χ2n) is 6.28. The van der Waals surface area contributed by atoms with Crippen molar-refractivity contribution in [2.24, 2.45) is 0 Å². The summed E-state index contributed by atoms with van der Waals surface area (Å²) in [6.45, 7) is 3.22. The Kier molecular flexibility index (Phi) is 19.4. The third kappa shape index (κ3) is 19.7. The standard InChI is InChI=1S/C20H40O/c1-3-4-5-6-7-8-9-10-11-12-13-14-15-16-17-18-19-20-21-2/h11-12H,3-10,13-20H2,1-2H3. The molecule has 1 nitrogen and oxygen atoms in total. The molecule has 0 aliphatic carbocycles. The number of hydrogen-bond acceptors (Lipinski definition) is 1. The molecular formula is C20H40O. The van der Waals surface area contributed by atoms with Crippen molar-refractivity contribution in [1.29, 1.82) is 0 Å². The molecule has 0 aromatic heterocycles. The first kappa shape index (κ1) is 20.7. The third-order valence-corrected chi connectivity index (χ3v) is 4.11. The van der Waals surface area contributed by atoms with Gasteiger partial charge in [0.15, 0.2) is 0 Å². The zero-order chi connectivity index (χ0) is 15.4. The van der Waals surface area contributed by atoms with E-state index in [9.17, 15) is 0 Å². The number of unbranched alkanes of at least 4 members (excludes halogenated alkanes) is 13. The summed E-state index contributed by atoms with van der Waals surface area (Å²) in [6.07, 6.45) is 25.4. The van der Waals surface area contributed by atoms with E-state index in [-0.39, 0.29) is 0 Å². The van der Waals surface area contributed by atoms with Crippen LogP contribution < -0.4 is 0 Å². The van der Waals surface area contributed by atoms with Crippen molar-refractivity contribution < 1.29 is 4.74 Å². The van der Waals surface area contributed by atoms with E-state index in [1.54, 1.807) is 7.11 Å². The Morgan fingerprint density at radius 2 is 1.00 bits per heavy atom. The lowest BCUT2D eigenvalue weighted by molar-refractivity contribution is 0.192. The molecule has 0 atom stereocenters. The van der Waals surface area contributed by atoms with Crippen molar-refractivity contribution in [3.8, 4) is 0 Å². The number of methoxy groups -OCH3 is 1. The van der Waals surface area contributed by atoms with Crippen molar-refractivity contribution in [2.45, 2.75) is 103 Å². The number of allylic oxidation sites excluding steroid dienone is 2. The van der Waals surface area contributed by atoms with Crippen LogP contribution in [0.2, 0.25) is 0 Å². The monoisotopic (exact) mass is 296 g/mol. The number of ether oxygens (including phenoxy) is 1. The van der Waals surface area contributed by atoms with E-state index in [1.165, 1.54) is 96.3 Å². The van der Waals surface area contributed by atoms with Gasteiger partial charge in [-0.05, 0) is 32.1 Å². The van der Waals surface area contributed by atoms with E-state index in [4.69, 9.17) is 4.74 Å². The summed E-state index contributed by atoms with van der Waals surface area (Å²) >= 11 is 0. The van der Waals surface area contributed by atoms with Gasteiger partial charge in [0.1, 0.15) is 0 Å². The smallest absolute Gasteiger partial charge is 0.0462 e. The Hall–Kier alpha value is -0.300. The summed E-state index contributed by atoms with van der Waals surface area (Å²) in [5.74, 6) is 0. The minimum atomic E-state index is 0.932. The van der Waals surface area contributed by atoms with Gasteiger partial charge in [0.05, 0.1) is 0 Å². The van der Waals surface area contributed by atoms with Crippen LogP contribution in [0.25, 0.3) is 0 Å². The van der Waals surface area contributed by atoms with E-state index in [1.807, 2.05) is 0 Å². The summed E-state index contributed by atoms with van der Waals surface area (Å²) in [7, 11) is 1.79. The average Bonchev–Trinajstić information content (AvgIpc) is 2.50. The first-order valence-corrected chi connectivity index (χ1v) is 9.55. The van der Waals surface area contributed by atoms with E-state index in [0.29, 0.717) is 0 Å². The molecule has 0 fully saturated rings. The van der Waals surface area contributed by atoms with Crippen LogP contribution in [0.15, 0.2) is 12.2 Å². The van der Waals surface area contributed by atoms with Crippen molar-refractivity contribution in [3.63, 3.8) is 0 Å². The third-order valence-electron chi connectivity index (χ3n) is 4.11. The maximum Gasteiger partial charge on any atom is 0.0462 e. The van der Waals surface area contributed by atoms with Gasteiger partial charge in [0, 0.05) is 13.7 Å². The fraction of sp³-hybridized carbons (Fsp3) is 0.900. The highest BCUT2D eigenvalue weighted by Gasteiger charge is 1.91.